The second-order valence-corrected chi connectivity index (χ2v) is 2.58. The smallest absolute Gasteiger partial charge is 0.320 e. The largest absolute Gasteiger partial charge is 0.463 e. The number of nitrogens with one attached hydrogen (secondary N) is 1. The van der Waals surface area contributed by atoms with Gasteiger partial charge in [-0.15, -0.1) is 0 Å². The van der Waals surface area contributed by atoms with Gasteiger partial charge in [0.05, 0.1) is 0 Å². The number of thiocarbonyl (C=S) groups is 1. The van der Waals surface area contributed by atoms with Crippen molar-refractivity contribution in [3.63, 3.8) is 0 Å². The lowest BCUT2D eigenvalue weighted by Gasteiger charge is -2.20. The number of nitrogens with two attached hydrogens (primary N) is 1. The summed E-state index contributed by atoms with van der Waals surface area (Å²) < 4.78 is -1.34. The Morgan fingerprint density at radius 1 is 1.50 bits per heavy atom. The molecule has 7 nitrogen and oxygen atoms in total. The van der Waals surface area contributed by atoms with E-state index in [1.54, 1.807) is 0 Å². The Hall–Kier alpha value is -1.54. The van der Waals surface area contributed by atoms with E-state index in [1.807, 2.05) is 0 Å². The maximum atomic E-state index is 11.1. The maximum absolute atomic E-state index is 11.1. The number of hydrogen-bond acceptors (Lipinski definition) is 5. The first-order valence-corrected chi connectivity index (χ1v) is 3.93. The van der Waals surface area contributed by atoms with Crippen LogP contribution in [0, 0.1) is 0 Å². The van der Waals surface area contributed by atoms with Gasteiger partial charge in [0.15, 0.2) is 0 Å². The first kappa shape index (κ1) is 12.5. The van der Waals surface area contributed by atoms with Crippen molar-refractivity contribution in [3.8, 4) is 0 Å². The van der Waals surface area contributed by atoms with Crippen molar-refractivity contribution in [3.05, 3.63) is 0 Å². The van der Waals surface area contributed by atoms with Crippen molar-refractivity contribution in [2.24, 2.45) is 5.73 Å². The summed E-state index contributed by atoms with van der Waals surface area (Å²) >= 11 is 4.32. The summed E-state index contributed by atoms with van der Waals surface area (Å²) in [6.45, 7) is 0. The molecule has 0 saturated carbocycles. The third-order valence-corrected chi connectivity index (χ3v) is 1.61. The summed E-state index contributed by atoms with van der Waals surface area (Å²) in [5, 5.41) is 2.74. The molecule has 0 aromatic rings. The molecule has 78 valence electrons. The number of carbonyl (C=O) groups excluding carboxylic acids is 3. The Balaban J connectivity index is 4.91. The zero-order valence-corrected chi connectivity index (χ0v) is 8.46. The fourth-order valence-electron chi connectivity index (χ4n) is 0.511. The van der Waals surface area contributed by atoms with Gasteiger partial charge in [-0.3, -0.25) is 0 Å². The molecule has 0 aromatic heterocycles. The molecule has 0 aliphatic carbocycles. The highest BCUT2D eigenvalue weighted by Gasteiger charge is 2.43. The highest BCUT2D eigenvalue weighted by molar-refractivity contribution is 7.80. The van der Waals surface area contributed by atoms with Crippen LogP contribution in [0.1, 0.15) is 0 Å². The van der Waals surface area contributed by atoms with Crippen LogP contribution in [-0.4, -0.2) is 42.1 Å². The van der Waals surface area contributed by atoms with E-state index in [4.69, 9.17) is 5.73 Å². The predicted octanol–water partition coefficient (Wildman–Crippen LogP) is -0.691. The number of rotatable bonds is 1. The quantitative estimate of drug-likeness (QED) is 0.346. The van der Waals surface area contributed by atoms with E-state index in [2.05, 4.69) is 22.4 Å². The summed E-state index contributed by atoms with van der Waals surface area (Å²) in [7, 11) is 2.29. The minimum absolute atomic E-state index is 0.674. The number of urea groups is 1. The summed E-state index contributed by atoms with van der Waals surface area (Å²) in [5.41, 5.74) is 4.89. The van der Waals surface area contributed by atoms with Crippen LogP contribution in [0.2, 0.25) is 0 Å². The minimum atomic E-state index is -1.34. The highest BCUT2D eigenvalue weighted by atomic mass is 32.1. The van der Waals surface area contributed by atoms with Crippen molar-refractivity contribution < 1.29 is 23.9 Å². The first-order chi connectivity index (χ1) is 6.38. The Morgan fingerprint density at radius 3 is 2.29 bits per heavy atom. The third kappa shape index (κ3) is 2.47. The predicted molar refractivity (Wildman–Crippen MR) is 50.0 cm³/mol. The molecule has 0 rings (SSSR count). The van der Waals surface area contributed by atoms with Crippen molar-refractivity contribution >= 4 is 35.6 Å². The Morgan fingerprint density at radius 2 is 2.00 bits per heavy atom. The van der Waals surface area contributed by atoms with Crippen LogP contribution in [0.25, 0.3) is 0 Å². The van der Waals surface area contributed by atoms with E-state index in [0.717, 1.165) is 7.05 Å². The normalized spacial score (nSPS) is 13.6. The number of carbonyl (C=O) groups is 3. The van der Waals surface area contributed by atoms with Crippen LogP contribution in [-0.2, 0) is 9.63 Å². The van der Waals surface area contributed by atoms with Gasteiger partial charge >= 0.3 is 18.0 Å². The van der Waals surface area contributed by atoms with Crippen LogP contribution in [0.5, 0.6) is 0 Å². The monoisotopic (exact) mass is 220 g/mol. The standard InChI is InChI=1S/C6H9N3O4S/c1-8-6(12)13-9(2,5(7)11)4(10)3-14/h3H,1-2H3,(H2-,7,8,11,12)/p+1. The van der Waals surface area contributed by atoms with Gasteiger partial charge in [-0.25, -0.2) is 19.2 Å². The van der Waals surface area contributed by atoms with Crippen molar-refractivity contribution in [1.29, 1.82) is 0 Å². The summed E-state index contributed by atoms with van der Waals surface area (Å²) in [6.07, 6.45) is -0.962. The molecule has 0 radical (unpaired) electrons. The fraction of sp³-hybridized carbons (Fsp3) is 0.333. The van der Waals surface area contributed by atoms with E-state index in [0.29, 0.717) is 5.37 Å². The molecule has 0 fully saturated rings. The molecule has 0 saturated heterocycles. The van der Waals surface area contributed by atoms with Gasteiger partial charge in [-0.2, -0.15) is 0 Å². The molecule has 0 aliphatic heterocycles. The van der Waals surface area contributed by atoms with Crippen LogP contribution < -0.4 is 11.1 Å². The van der Waals surface area contributed by atoms with Gasteiger partial charge in [0.2, 0.25) is 0 Å². The zero-order valence-electron chi connectivity index (χ0n) is 7.64. The molecule has 1 unspecified atom stereocenters. The number of amides is 4. The molecular formula is C6H10N3O4S+. The van der Waals surface area contributed by atoms with Crippen molar-refractivity contribution in [2.45, 2.75) is 0 Å². The number of hydrogen-bond donors (Lipinski definition) is 2. The van der Waals surface area contributed by atoms with Crippen LogP contribution in [0.3, 0.4) is 0 Å². The lowest BCUT2D eigenvalue weighted by atomic mass is 10.6. The molecule has 8 heteroatoms. The Labute approximate surface area is 85.3 Å². The first-order valence-electron chi connectivity index (χ1n) is 3.46. The topological polar surface area (TPSA) is 98.5 Å². The van der Waals surface area contributed by atoms with Crippen LogP contribution >= 0.6 is 12.2 Å². The molecule has 0 aliphatic rings. The van der Waals surface area contributed by atoms with Gasteiger partial charge in [0.1, 0.15) is 12.4 Å². The number of nitrogens with zero attached hydrogens (tertiary/aromatic N) is 1. The van der Waals surface area contributed by atoms with Crippen LogP contribution in [0.4, 0.5) is 9.59 Å². The summed E-state index contributed by atoms with van der Waals surface area (Å²) in [6, 6.07) is -1.14. The number of primary amides is 1. The number of quaternary nitrogens is 1. The second kappa shape index (κ2) is 4.63. The van der Waals surface area contributed by atoms with E-state index in [-0.39, 0.29) is 0 Å². The summed E-state index contributed by atoms with van der Waals surface area (Å²) in [4.78, 5) is 37.3. The van der Waals surface area contributed by atoms with Crippen molar-refractivity contribution in [1.82, 2.24) is 5.32 Å². The molecule has 1 atom stereocenters. The minimum Gasteiger partial charge on any atom is -0.320 e. The average molecular weight is 220 g/mol. The lowest BCUT2D eigenvalue weighted by molar-refractivity contribution is -0.937. The average Bonchev–Trinajstić information content (AvgIpc) is 2.15. The van der Waals surface area contributed by atoms with Gasteiger partial charge < -0.3 is 11.1 Å². The lowest BCUT2D eigenvalue weighted by Crippen LogP contribution is -2.58. The fourth-order valence-corrected chi connectivity index (χ4v) is 0.712. The third-order valence-electron chi connectivity index (χ3n) is 1.41. The van der Waals surface area contributed by atoms with Gasteiger partial charge in [0.25, 0.3) is 0 Å². The molecule has 0 bridgehead atoms. The van der Waals surface area contributed by atoms with E-state index in [9.17, 15) is 14.4 Å². The number of hydroxylamine groups is 3. The van der Waals surface area contributed by atoms with E-state index in [1.165, 1.54) is 7.05 Å². The van der Waals surface area contributed by atoms with E-state index < -0.39 is 22.7 Å². The Bertz CT molecular complexity index is 293. The van der Waals surface area contributed by atoms with Gasteiger partial charge in [0, 0.05) is 11.7 Å². The Kier molecular flexibility index (Phi) is 4.12. The maximum Gasteiger partial charge on any atom is 0.463 e. The van der Waals surface area contributed by atoms with Crippen molar-refractivity contribution in [2.75, 3.05) is 14.1 Å². The molecule has 3 N–H and O–H groups in total. The molecule has 4 amide bonds. The van der Waals surface area contributed by atoms with Gasteiger partial charge in [-0.05, 0) is 0 Å². The second-order valence-electron chi connectivity index (χ2n) is 2.35. The highest BCUT2D eigenvalue weighted by Crippen LogP contribution is 2.04. The molecule has 14 heavy (non-hydrogen) atoms. The van der Waals surface area contributed by atoms with Gasteiger partial charge in [-0.1, -0.05) is 12.2 Å². The molecule has 0 spiro atoms. The van der Waals surface area contributed by atoms with Crippen LogP contribution in [0.15, 0.2) is 0 Å². The summed E-state index contributed by atoms with van der Waals surface area (Å²) in [5.74, 6) is -0.906. The molecule has 0 aromatic carbocycles. The van der Waals surface area contributed by atoms with E-state index >= 15 is 0 Å². The molecular weight excluding hydrogens is 210 g/mol. The SMILES string of the molecule is CNC(=O)O[N+](C)(C(N)=O)C(=O)C=S. The zero-order chi connectivity index (χ0) is 11.4. The molecule has 0 heterocycles. The number of imide groups is 1.